The quantitative estimate of drug-likeness (QED) is 0.741. The van der Waals surface area contributed by atoms with E-state index in [1.165, 1.54) is 0 Å². The van der Waals surface area contributed by atoms with E-state index in [0.29, 0.717) is 12.5 Å². The van der Waals surface area contributed by atoms with E-state index in [1.54, 1.807) is 0 Å². The minimum absolute atomic E-state index is 0.0254. The Balaban J connectivity index is 2.44. The van der Waals surface area contributed by atoms with Crippen molar-refractivity contribution in [3.63, 3.8) is 0 Å². The predicted octanol–water partition coefficient (Wildman–Crippen LogP) is 1.08. The second-order valence-electron chi connectivity index (χ2n) is 4.81. The molecule has 0 spiro atoms. The van der Waals surface area contributed by atoms with Crippen LogP contribution in [0.5, 0.6) is 0 Å². The van der Waals surface area contributed by atoms with Crippen LogP contribution in [0.3, 0.4) is 0 Å². The molecular formula is C12H23NO3. The summed E-state index contributed by atoms with van der Waals surface area (Å²) in [6.07, 6.45) is 3.86. The van der Waals surface area contributed by atoms with E-state index in [0.717, 1.165) is 25.7 Å². The molecule has 0 aromatic rings. The van der Waals surface area contributed by atoms with Gasteiger partial charge in [0.2, 0.25) is 5.91 Å². The van der Waals surface area contributed by atoms with Crippen LogP contribution in [0.15, 0.2) is 0 Å². The molecule has 0 heterocycles. The van der Waals surface area contributed by atoms with E-state index in [9.17, 15) is 9.90 Å². The summed E-state index contributed by atoms with van der Waals surface area (Å²) in [5.74, 6) is 0.578. The largest absolute Gasteiger partial charge is 0.394 e. The Morgan fingerprint density at radius 2 is 2.12 bits per heavy atom. The van der Waals surface area contributed by atoms with Crippen molar-refractivity contribution in [2.45, 2.75) is 45.1 Å². The highest BCUT2D eigenvalue weighted by molar-refractivity contribution is 5.78. The molecule has 1 amide bonds. The van der Waals surface area contributed by atoms with E-state index < -0.39 is 5.54 Å². The molecule has 0 unspecified atom stereocenters. The number of aliphatic hydroxyl groups is 1. The van der Waals surface area contributed by atoms with Crippen molar-refractivity contribution >= 4 is 5.91 Å². The SMILES string of the molecule is CCOCC(=O)NC1(CO)CCC(C)CC1. The fourth-order valence-corrected chi connectivity index (χ4v) is 2.16. The van der Waals surface area contributed by atoms with E-state index in [4.69, 9.17) is 4.74 Å². The van der Waals surface area contributed by atoms with Crippen LogP contribution in [0.2, 0.25) is 0 Å². The van der Waals surface area contributed by atoms with Gasteiger partial charge in [0, 0.05) is 6.61 Å². The Morgan fingerprint density at radius 1 is 1.50 bits per heavy atom. The maximum atomic E-state index is 11.6. The first-order valence-corrected chi connectivity index (χ1v) is 6.11. The molecule has 1 fully saturated rings. The lowest BCUT2D eigenvalue weighted by Gasteiger charge is -2.38. The zero-order valence-corrected chi connectivity index (χ0v) is 10.3. The van der Waals surface area contributed by atoms with Gasteiger partial charge in [0.25, 0.3) is 0 Å². The minimum atomic E-state index is -0.402. The second kappa shape index (κ2) is 6.21. The van der Waals surface area contributed by atoms with E-state index in [1.807, 2.05) is 6.92 Å². The monoisotopic (exact) mass is 229 g/mol. The van der Waals surface area contributed by atoms with Crippen molar-refractivity contribution in [1.82, 2.24) is 5.32 Å². The van der Waals surface area contributed by atoms with E-state index in [2.05, 4.69) is 12.2 Å². The van der Waals surface area contributed by atoms with Gasteiger partial charge in [0.1, 0.15) is 6.61 Å². The van der Waals surface area contributed by atoms with Crippen LogP contribution in [-0.4, -0.2) is 36.4 Å². The molecule has 16 heavy (non-hydrogen) atoms. The lowest BCUT2D eigenvalue weighted by Crippen LogP contribution is -2.54. The van der Waals surface area contributed by atoms with Crippen LogP contribution in [-0.2, 0) is 9.53 Å². The van der Waals surface area contributed by atoms with E-state index >= 15 is 0 Å². The summed E-state index contributed by atoms with van der Waals surface area (Å²) in [5, 5.41) is 12.4. The summed E-state index contributed by atoms with van der Waals surface area (Å²) >= 11 is 0. The fourth-order valence-electron chi connectivity index (χ4n) is 2.16. The lowest BCUT2D eigenvalue weighted by atomic mass is 9.77. The third-order valence-corrected chi connectivity index (χ3v) is 3.38. The van der Waals surface area contributed by atoms with Crippen LogP contribution in [0.1, 0.15) is 39.5 Å². The van der Waals surface area contributed by atoms with Gasteiger partial charge in [-0.15, -0.1) is 0 Å². The number of nitrogens with one attached hydrogen (secondary N) is 1. The molecule has 4 nitrogen and oxygen atoms in total. The second-order valence-corrected chi connectivity index (χ2v) is 4.81. The number of ether oxygens (including phenoxy) is 1. The molecule has 0 saturated heterocycles. The summed E-state index contributed by atoms with van der Waals surface area (Å²) in [6, 6.07) is 0. The molecule has 1 saturated carbocycles. The van der Waals surface area contributed by atoms with Gasteiger partial charge >= 0.3 is 0 Å². The van der Waals surface area contributed by atoms with Gasteiger partial charge < -0.3 is 15.2 Å². The van der Waals surface area contributed by atoms with Crippen molar-refractivity contribution < 1.29 is 14.6 Å². The third-order valence-electron chi connectivity index (χ3n) is 3.38. The summed E-state index contributed by atoms with van der Waals surface area (Å²) in [4.78, 5) is 11.6. The highest BCUT2D eigenvalue weighted by atomic mass is 16.5. The number of amides is 1. The molecular weight excluding hydrogens is 206 g/mol. The standard InChI is InChI=1S/C12H23NO3/c1-3-16-8-11(15)13-12(9-14)6-4-10(2)5-7-12/h10,14H,3-9H2,1-2H3,(H,13,15). The number of hydrogen-bond donors (Lipinski definition) is 2. The first-order chi connectivity index (χ1) is 7.62. The van der Waals surface area contributed by atoms with Gasteiger partial charge in [-0.1, -0.05) is 6.92 Å². The molecule has 1 rings (SSSR count). The molecule has 0 atom stereocenters. The van der Waals surface area contributed by atoms with Crippen molar-refractivity contribution in [1.29, 1.82) is 0 Å². The molecule has 0 aromatic heterocycles. The summed E-state index contributed by atoms with van der Waals surface area (Å²) in [6.45, 7) is 4.72. The Morgan fingerprint density at radius 3 is 2.62 bits per heavy atom. The Kier molecular flexibility index (Phi) is 5.22. The Bertz CT molecular complexity index is 222. The average Bonchev–Trinajstić information content (AvgIpc) is 2.30. The molecule has 0 aliphatic heterocycles. The number of rotatable bonds is 5. The first-order valence-electron chi connectivity index (χ1n) is 6.11. The van der Waals surface area contributed by atoms with Gasteiger partial charge in [-0.3, -0.25) is 4.79 Å². The smallest absolute Gasteiger partial charge is 0.246 e. The van der Waals surface area contributed by atoms with Gasteiger partial charge in [0.15, 0.2) is 0 Å². The summed E-state index contributed by atoms with van der Waals surface area (Å²) in [7, 11) is 0. The maximum Gasteiger partial charge on any atom is 0.246 e. The number of hydrogen-bond acceptors (Lipinski definition) is 3. The molecule has 1 aliphatic rings. The predicted molar refractivity (Wildman–Crippen MR) is 62.1 cm³/mol. The topological polar surface area (TPSA) is 58.6 Å². The van der Waals surface area contributed by atoms with Crippen LogP contribution in [0, 0.1) is 5.92 Å². The van der Waals surface area contributed by atoms with Crippen LogP contribution in [0.25, 0.3) is 0 Å². The molecule has 2 N–H and O–H groups in total. The van der Waals surface area contributed by atoms with Crippen LogP contribution < -0.4 is 5.32 Å². The lowest BCUT2D eigenvalue weighted by molar-refractivity contribution is -0.128. The molecule has 1 aliphatic carbocycles. The Labute approximate surface area is 97.4 Å². The maximum absolute atomic E-state index is 11.6. The van der Waals surface area contributed by atoms with Crippen molar-refractivity contribution in [2.75, 3.05) is 19.8 Å². The number of carbonyl (C=O) groups excluding carboxylic acids is 1. The Hall–Kier alpha value is -0.610. The van der Waals surface area contributed by atoms with Crippen molar-refractivity contribution in [3.8, 4) is 0 Å². The van der Waals surface area contributed by atoms with Gasteiger partial charge in [-0.05, 0) is 38.5 Å². The van der Waals surface area contributed by atoms with Crippen molar-refractivity contribution in [3.05, 3.63) is 0 Å². The highest BCUT2D eigenvalue weighted by Gasteiger charge is 2.34. The van der Waals surface area contributed by atoms with Crippen LogP contribution in [0.4, 0.5) is 0 Å². The molecule has 0 bridgehead atoms. The fraction of sp³-hybridized carbons (Fsp3) is 0.917. The normalized spacial score (nSPS) is 30.1. The molecule has 4 heteroatoms. The van der Waals surface area contributed by atoms with Crippen molar-refractivity contribution in [2.24, 2.45) is 5.92 Å². The van der Waals surface area contributed by atoms with Gasteiger partial charge in [-0.25, -0.2) is 0 Å². The number of aliphatic hydroxyl groups excluding tert-OH is 1. The molecule has 0 radical (unpaired) electrons. The number of carbonyl (C=O) groups is 1. The first kappa shape index (κ1) is 13.5. The molecule has 0 aromatic carbocycles. The zero-order valence-electron chi connectivity index (χ0n) is 10.3. The molecule has 94 valence electrons. The zero-order chi connectivity index (χ0) is 12.0. The summed E-state index contributed by atoms with van der Waals surface area (Å²) in [5.41, 5.74) is -0.402. The average molecular weight is 229 g/mol. The van der Waals surface area contributed by atoms with Gasteiger partial charge in [-0.2, -0.15) is 0 Å². The van der Waals surface area contributed by atoms with E-state index in [-0.39, 0.29) is 19.1 Å². The highest BCUT2D eigenvalue weighted by Crippen LogP contribution is 2.31. The third kappa shape index (κ3) is 3.76. The van der Waals surface area contributed by atoms with Crippen LogP contribution >= 0.6 is 0 Å². The summed E-state index contributed by atoms with van der Waals surface area (Å²) < 4.78 is 5.05. The van der Waals surface area contributed by atoms with Gasteiger partial charge in [0.05, 0.1) is 12.1 Å². The minimum Gasteiger partial charge on any atom is -0.394 e.